The van der Waals surface area contributed by atoms with E-state index in [1.165, 1.54) is 16.5 Å². The van der Waals surface area contributed by atoms with Crippen LogP contribution in [0.3, 0.4) is 0 Å². The number of hydrogen-bond acceptors (Lipinski definition) is 5. The molecule has 0 saturated carbocycles. The Morgan fingerprint density at radius 1 is 1.50 bits per heavy atom. The highest BCUT2D eigenvalue weighted by Gasteiger charge is 2.28. The second-order valence-corrected chi connectivity index (χ2v) is 7.88. The van der Waals surface area contributed by atoms with E-state index in [-0.39, 0.29) is 6.04 Å². The Bertz CT molecular complexity index is 340. The van der Waals surface area contributed by atoms with Crippen LogP contribution in [-0.2, 0) is 6.42 Å². The van der Waals surface area contributed by atoms with Crippen LogP contribution in [0.1, 0.15) is 17.6 Å². The van der Waals surface area contributed by atoms with Crippen LogP contribution in [0.15, 0.2) is 5.38 Å². The second-order valence-electron chi connectivity index (χ2n) is 4.16. The minimum atomic E-state index is 0.248. The summed E-state index contributed by atoms with van der Waals surface area (Å²) in [5, 5.41) is 4.56. The summed E-state index contributed by atoms with van der Waals surface area (Å²) in [5.74, 6) is 2.51. The normalized spacial score (nSPS) is 27.9. The Morgan fingerprint density at radius 2 is 2.25 bits per heavy atom. The number of hydrogen-bond donors (Lipinski definition) is 1. The maximum Gasteiger partial charge on any atom is 0.0943 e. The van der Waals surface area contributed by atoms with Gasteiger partial charge in [-0.05, 0) is 6.92 Å². The summed E-state index contributed by atoms with van der Waals surface area (Å²) in [5.41, 5.74) is 7.43. The molecular formula is C11H18N2S3. The van der Waals surface area contributed by atoms with E-state index < -0.39 is 0 Å². The van der Waals surface area contributed by atoms with Crippen molar-refractivity contribution < 1.29 is 0 Å². The number of aromatic nitrogens is 1. The van der Waals surface area contributed by atoms with Crippen LogP contribution in [-0.4, -0.2) is 33.0 Å². The monoisotopic (exact) mass is 274 g/mol. The Kier molecular flexibility index (Phi) is 4.58. The van der Waals surface area contributed by atoms with E-state index in [0.29, 0.717) is 10.5 Å². The number of thioether (sulfide) groups is 2. The Hall–Kier alpha value is 0.290. The highest BCUT2D eigenvalue weighted by atomic mass is 32.2. The molecule has 0 aromatic carbocycles. The van der Waals surface area contributed by atoms with Gasteiger partial charge < -0.3 is 5.73 Å². The van der Waals surface area contributed by atoms with Crippen molar-refractivity contribution in [2.75, 3.05) is 11.5 Å². The van der Waals surface area contributed by atoms with Gasteiger partial charge >= 0.3 is 0 Å². The van der Waals surface area contributed by atoms with Crippen molar-refractivity contribution in [2.45, 2.75) is 36.8 Å². The van der Waals surface area contributed by atoms with Gasteiger partial charge in [-0.1, -0.05) is 6.92 Å². The van der Waals surface area contributed by atoms with Crippen molar-refractivity contribution in [3.05, 3.63) is 16.1 Å². The Balaban J connectivity index is 1.93. The zero-order chi connectivity index (χ0) is 11.5. The van der Waals surface area contributed by atoms with Gasteiger partial charge in [0, 0.05) is 45.5 Å². The fourth-order valence-corrected chi connectivity index (χ4v) is 5.67. The maximum absolute atomic E-state index is 6.31. The van der Waals surface area contributed by atoms with Gasteiger partial charge in [-0.25, -0.2) is 4.98 Å². The van der Waals surface area contributed by atoms with E-state index in [9.17, 15) is 0 Å². The first-order valence-electron chi connectivity index (χ1n) is 5.56. The molecule has 0 bridgehead atoms. The van der Waals surface area contributed by atoms with Crippen molar-refractivity contribution in [1.29, 1.82) is 0 Å². The summed E-state index contributed by atoms with van der Waals surface area (Å²) >= 11 is 5.82. The van der Waals surface area contributed by atoms with Crippen molar-refractivity contribution in [3.8, 4) is 0 Å². The van der Waals surface area contributed by atoms with Gasteiger partial charge in [0.05, 0.1) is 5.01 Å². The van der Waals surface area contributed by atoms with Crippen molar-refractivity contribution in [2.24, 2.45) is 5.73 Å². The first-order chi connectivity index (χ1) is 7.66. The zero-order valence-electron chi connectivity index (χ0n) is 9.68. The Labute approximate surface area is 110 Å². The standard InChI is InChI=1S/C11H18N2S3/c1-7-6-16-10(13-7)5-9(12)11-8(2)14-3-4-15-11/h6,8-9,11H,3-5,12H2,1-2H3. The maximum atomic E-state index is 6.31. The van der Waals surface area contributed by atoms with Crippen molar-refractivity contribution in [1.82, 2.24) is 4.98 Å². The first kappa shape index (κ1) is 12.7. The van der Waals surface area contributed by atoms with Crippen molar-refractivity contribution in [3.63, 3.8) is 0 Å². The molecule has 0 amide bonds. The van der Waals surface area contributed by atoms with Gasteiger partial charge in [0.25, 0.3) is 0 Å². The molecule has 2 nitrogen and oxygen atoms in total. The van der Waals surface area contributed by atoms with Crippen LogP contribution in [0.2, 0.25) is 0 Å². The summed E-state index contributed by atoms with van der Waals surface area (Å²) in [6.45, 7) is 4.34. The molecule has 2 heterocycles. The van der Waals surface area contributed by atoms with E-state index >= 15 is 0 Å². The molecule has 5 heteroatoms. The zero-order valence-corrected chi connectivity index (χ0v) is 12.1. The third kappa shape index (κ3) is 3.15. The molecule has 1 aromatic rings. The number of nitrogens with two attached hydrogens (primary N) is 1. The molecule has 0 radical (unpaired) electrons. The third-order valence-corrected chi connectivity index (χ3v) is 7.00. The number of rotatable bonds is 3. The average Bonchev–Trinajstić information content (AvgIpc) is 2.64. The molecule has 0 aliphatic carbocycles. The van der Waals surface area contributed by atoms with Gasteiger partial charge in [-0.2, -0.15) is 23.5 Å². The van der Waals surface area contributed by atoms with Crippen LogP contribution < -0.4 is 5.73 Å². The number of nitrogens with zero attached hydrogens (tertiary/aromatic N) is 1. The molecule has 0 spiro atoms. The van der Waals surface area contributed by atoms with Crippen LogP contribution in [0.4, 0.5) is 0 Å². The average molecular weight is 274 g/mol. The third-order valence-electron chi connectivity index (χ3n) is 2.74. The van der Waals surface area contributed by atoms with Gasteiger partial charge in [-0.3, -0.25) is 0 Å². The van der Waals surface area contributed by atoms with E-state index in [2.05, 4.69) is 29.0 Å². The lowest BCUT2D eigenvalue weighted by Gasteiger charge is -2.32. The second kappa shape index (κ2) is 5.76. The van der Waals surface area contributed by atoms with Crippen LogP contribution in [0.25, 0.3) is 0 Å². The number of thiazole rings is 1. The molecule has 90 valence electrons. The molecule has 16 heavy (non-hydrogen) atoms. The Morgan fingerprint density at radius 3 is 2.88 bits per heavy atom. The largest absolute Gasteiger partial charge is 0.326 e. The van der Waals surface area contributed by atoms with E-state index in [4.69, 9.17) is 5.73 Å². The van der Waals surface area contributed by atoms with Crippen molar-refractivity contribution >= 4 is 34.9 Å². The molecule has 1 fully saturated rings. The highest BCUT2D eigenvalue weighted by molar-refractivity contribution is 8.07. The summed E-state index contributed by atoms with van der Waals surface area (Å²) in [6, 6.07) is 0.248. The van der Waals surface area contributed by atoms with Crippen LogP contribution in [0, 0.1) is 6.92 Å². The fourth-order valence-electron chi connectivity index (χ4n) is 1.93. The van der Waals surface area contributed by atoms with Crippen LogP contribution >= 0.6 is 34.9 Å². The molecule has 3 atom stereocenters. The SMILES string of the molecule is Cc1csc(CC(N)C2SCCSC2C)n1. The summed E-state index contributed by atoms with van der Waals surface area (Å²) in [6.07, 6.45) is 0.932. The van der Waals surface area contributed by atoms with Crippen LogP contribution in [0.5, 0.6) is 0 Å². The van der Waals surface area contributed by atoms with Gasteiger partial charge in [0.2, 0.25) is 0 Å². The molecule has 3 unspecified atom stereocenters. The smallest absolute Gasteiger partial charge is 0.0943 e. The lowest BCUT2D eigenvalue weighted by Crippen LogP contribution is -2.42. The predicted molar refractivity (Wildman–Crippen MR) is 76.7 cm³/mol. The molecule has 2 N–H and O–H groups in total. The lowest BCUT2D eigenvalue weighted by molar-refractivity contribution is 0.620. The quantitative estimate of drug-likeness (QED) is 0.919. The topological polar surface area (TPSA) is 38.9 Å². The molecule has 2 rings (SSSR count). The van der Waals surface area contributed by atoms with E-state index in [1.807, 2.05) is 18.7 Å². The van der Waals surface area contributed by atoms with Gasteiger partial charge in [0.1, 0.15) is 0 Å². The molecule has 1 saturated heterocycles. The molecule has 1 aromatic heterocycles. The minimum absolute atomic E-state index is 0.248. The minimum Gasteiger partial charge on any atom is -0.326 e. The van der Waals surface area contributed by atoms with Gasteiger partial charge in [0.15, 0.2) is 0 Å². The first-order valence-corrected chi connectivity index (χ1v) is 8.54. The van der Waals surface area contributed by atoms with Gasteiger partial charge in [-0.15, -0.1) is 11.3 Å². The summed E-state index contributed by atoms with van der Waals surface area (Å²) in [4.78, 5) is 4.49. The highest BCUT2D eigenvalue weighted by Crippen LogP contribution is 2.33. The fraction of sp³-hybridized carbons (Fsp3) is 0.727. The summed E-state index contributed by atoms with van der Waals surface area (Å²) in [7, 11) is 0. The molecule has 1 aliphatic rings. The summed E-state index contributed by atoms with van der Waals surface area (Å²) < 4.78 is 0. The van der Waals surface area contributed by atoms with E-state index in [1.54, 1.807) is 11.3 Å². The lowest BCUT2D eigenvalue weighted by atomic mass is 10.1. The van der Waals surface area contributed by atoms with E-state index in [0.717, 1.165) is 12.1 Å². The molecule has 1 aliphatic heterocycles. The predicted octanol–water partition coefficient (Wildman–Crippen LogP) is 2.56. The molecular weight excluding hydrogens is 256 g/mol. The number of aryl methyl sites for hydroxylation is 1.